The highest BCUT2D eigenvalue weighted by Crippen LogP contribution is 2.31. The zero-order valence-electron chi connectivity index (χ0n) is 14.2. The second-order valence-electron chi connectivity index (χ2n) is 7.11. The maximum Gasteiger partial charge on any atom is 0.410 e. The van der Waals surface area contributed by atoms with Crippen LogP contribution in [0.1, 0.15) is 18.4 Å². The van der Waals surface area contributed by atoms with E-state index in [-0.39, 0.29) is 31.0 Å². The predicted molar refractivity (Wildman–Crippen MR) is 83.2 cm³/mol. The first-order chi connectivity index (χ1) is 12.8. The molecular formula is C17H17F3N2O5. The molecule has 2 saturated heterocycles. The van der Waals surface area contributed by atoms with E-state index in [1.165, 1.54) is 4.90 Å². The third-order valence-electron chi connectivity index (χ3n) is 4.97. The SMILES string of the molecule is O=C1NC2(CO1)CN(C(=O)O[C@H]1C[C@@H](OCc3cc(F)c(F)cc3F)C1)C2. The van der Waals surface area contributed by atoms with Gasteiger partial charge < -0.3 is 24.4 Å². The summed E-state index contributed by atoms with van der Waals surface area (Å²) in [7, 11) is 0. The van der Waals surface area contributed by atoms with Gasteiger partial charge in [0.15, 0.2) is 11.6 Å². The second kappa shape index (κ2) is 6.59. The van der Waals surface area contributed by atoms with Gasteiger partial charge in [-0.2, -0.15) is 0 Å². The molecule has 27 heavy (non-hydrogen) atoms. The van der Waals surface area contributed by atoms with E-state index in [0.717, 1.165) is 6.07 Å². The molecule has 3 fully saturated rings. The van der Waals surface area contributed by atoms with Crippen LogP contribution in [0.25, 0.3) is 0 Å². The molecule has 0 aromatic heterocycles. The van der Waals surface area contributed by atoms with Crippen molar-refractivity contribution in [1.82, 2.24) is 10.2 Å². The van der Waals surface area contributed by atoms with E-state index < -0.39 is 35.2 Å². The Morgan fingerprint density at radius 1 is 1.19 bits per heavy atom. The van der Waals surface area contributed by atoms with Gasteiger partial charge in [0.25, 0.3) is 0 Å². The zero-order valence-corrected chi connectivity index (χ0v) is 14.2. The van der Waals surface area contributed by atoms with Gasteiger partial charge in [0.1, 0.15) is 24.1 Å². The molecule has 1 aliphatic carbocycles. The average Bonchev–Trinajstić information content (AvgIpc) is 2.94. The number of carbonyl (C=O) groups excluding carboxylic acids is 2. The highest BCUT2D eigenvalue weighted by molar-refractivity contribution is 5.74. The van der Waals surface area contributed by atoms with Crippen LogP contribution in [0.3, 0.4) is 0 Å². The topological polar surface area (TPSA) is 77.1 Å². The molecule has 7 nitrogen and oxygen atoms in total. The number of cyclic esters (lactones) is 1. The number of hydrogen-bond donors (Lipinski definition) is 1. The van der Waals surface area contributed by atoms with Gasteiger partial charge >= 0.3 is 12.2 Å². The molecule has 10 heteroatoms. The van der Waals surface area contributed by atoms with Crippen LogP contribution in [-0.4, -0.2) is 54.5 Å². The quantitative estimate of drug-likeness (QED) is 0.802. The Morgan fingerprint density at radius 2 is 1.89 bits per heavy atom. The fourth-order valence-corrected chi connectivity index (χ4v) is 3.33. The molecule has 146 valence electrons. The molecule has 0 bridgehead atoms. The Labute approximate surface area is 152 Å². The molecule has 0 unspecified atom stereocenters. The smallest absolute Gasteiger partial charge is 0.410 e. The monoisotopic (exact) mass is 386 g/mol. The van der Waals surface area contributed by atoms with E-state index in [9.17, 15) is 22.8 Å². The lowest BCUT2D eigenvalue weighted by molar-refractivity contribution is -0.0932. The third-order valence-corrected chi connectivity index (χ3v) is 4.97. The molecule has 2 aliphatic heterocycles. The summed E-state index contributed by atoms with van der Waals surface area (Å²) in [5, 5.41) is 2.67. The van der Waals surface area contributed by atoms with Crippen LogP contribution in [0.4, 0.5) is 22.8 Å². The summed E-state index contributed by atoms with van der Waals surface area (Å²) in [6.07, 6.45) is -0.647. The molecule has 2 amide bonds. The number of nitrogens with zero attached hydrogens (tertiary/aromatic N) is 1. The van der Waals surface area contributed by atoms with Crippen molar-refractivity contribution in [2.75, 3.05) is 19.7 Å². The molecule has 4 rings (SSSR count). The van der Waals surface area contributed by atoms with Gasteiger partial charge in [0.05, 0.1) is 25.8 Å². The number of carbonyl (C=O) groups is 2. The molecule has 1 aromatic carbocycles. The normalized spacial score (nSPS) is 25.4. The van der Waals surface area contributed by atoms with E-state index in [1.54, 1.807) is 0 Å². The van der Waals surface area contributed by atoms with Crippen LogP contribution >= 0.6 is 0 Å². The Bertz CT molecular complexity index is 778. The van der Waals surface area contributed by atoms with Crippen molar-refractivity contribution in [2.24, 2.45) is 0 Å². The lowest BCUT2D eigenvalue weighted by Crippen LogP contribution is -2.70. The minimum atomic E-state index is -1.25. The van der Waals surface area contributed by atoms with Crippen LogP contribution in [0.15, 0.2) is 12.1 Å². The van der Waals surface area contributed by atoms with Crippen molar-refractivity contribution in [3.63, 3.8) is 0 Å². The minimum Gasteiger partial charge on any atom is -0.447 e. The Morgan fingerprint density at radius 3 is 2.56 bits per heavy atom. The summed E-state index contributed by atoms with van der Waals surface area (Å²) in [4.78, 5) is 24.6. The number of benzene rings is 1. The first-order valence-electron chi connectivity index (χ1n) is 8.49. The number of likely N-dealkylation sites (tertiary alicyclic amines) is 1. The molecule has 3 aliphatic rings. The maximum absolute atomic E-state index is 13.5. The number of alkyl carbamates (subject to hydrolysis) is 1. The van der Waals surface area contributed by atoms with Gasteiger partial charge in [0, 0.05) is 24.5 Å². The Kier molecular flexibility index (Phi) is 4.37. The van der Waals surface area contributed by atoms with Crippen LogP contribution < -0.4 is 5.32 Å². The van der Waals surface area contributed by atoms with Crippen LogP contribution in [-0.2, 0) is 20.8 Å². The van der Waals surface area contributed by atoms with E-state index in [0.29, 0.717) is 32.0 Å². The summed E-state index contributed by atoms with van der Waals surface area (Å²) in [6, 6.07) is 1.25. The molecular weight excluding hydrogens is 369 g/mol. The van der Waals surface area contributed by atoms with Crippen molar-refractivity contribution in [2.45, 2.75) is 37.2 Å². The van der Waals surface area contributed by atoms with E-state index in [2.05, 4.69) is 5.32 Å². The standard InChI is InChI=1S/C17H17F3N2O5/c18-12-4-14(20)13(19)1-9(12)5-25-10-2-11(3-10)27-16(24)22-6-17(7-22)8-26-15(23)21-17/h1,4,10-11H,2-3,5-8H2,(H,21,23)/t10-,11+. The van der Waals surface area contributed by atoms with Gasteiger partial charge in [-0.1, -0.05) is 0 Å². The lowest BCUT2D eigenvalue weighted by Gasteiger charge is -2.46. The van der Waals surface area contributed by atoms with Gasteiger partial charge in [-0.05, 0) is 6.07 Å². The zero-order chi connectivity index (χ0) is 19.2. The molecule has 0 radical (unpaired) electrons. The lowest BCUT2D eigenvalue weighted by atomic mass is 9.91. The number of amides is 2. The number of ether oxygens (including phenoxy) is 3. The van der Waals surface area contributed by atoms with Crippen LogP contribution in [0, 0.1) is 17.5 Å². The van der Waals surface area contributed by atoms with Crippen molar-refractivity contribution in [3.8, 4) is 0 Å². The van der Waals surface area contributed by atoms with Crippen molar-refractivity contribution in [1.29, 1.82) is 0 Å². The Hall–Kier alpha value is -2.49. The molecule has 0 atom stereocenters. The van der Waals surface area contributed by atoms with E-state index in [4.69, 9.17) is 14.2 Å². The fraction of sp³-hybridized carbons (Fsp3) is 0.529. The Balaban J connectivity index is 1.17. The van der Waals surface area contributed by atoms with E-state index >= 15 is 0 Å². The molecule has 1 aromatic rings. The van der Waals surface area contributed by atoms with Crippen molar-refractivity contribution in [3.05, 3.63) is 35.1 Å². The number of hydrogen-bond acceptors (Lipinski definition) is 5. The van der Waals surface area contributed by atoms with Crippen molar-refractivity contribution < 1.29 is 37.0 Å². The summed E-state index contributed by atoms with van der Waals surface area (Å²) < 4.78 is 55.2. The van der Waals surface area contributed by atoms with Gasteiger partial charge in [-0.3, -0.25) is 0 Å². The predicted octanol–water partition coefficient (Wildman–Crippen LogP) is 2.08. The van der Waals surface area contributed by atoms with Crippen LogP contribution in [0.2, 0.25) is 0 Å². The highest BCUT2D eigenvalue weighted by Gasteiger charge is 2.52. The highest BCUT2D eigenvalue weighted by atomic mass is 19.2. The average molecular weight is 386 g/mol. The summed E-state index contributed by atoms with van der Waals surface area (Å²) in [5.41, 5.74) is -0.573. The molecule has 1 saturated carbocycles. The first-order valence-corrected chi connectivity index (χ1v) is 8.49. The van der Waals surface area contributed by atoms with Crippen LogP contribution in [0.5, 0.6) is 0 Å². The van der Waals surface area contributed by atoms with Gasteiger partial charge in [0.2, 0.25) is 0 Å². The summed E-state index contributed by atoms with van der Waals surface area (Å²) in [5.74, 6) is -3.25. The van der Waals surface area contributed by atoms with E-state index in [1.807, 2.05) is 0 Å². The van der Waals surface area contributed by atoms with Crippen molar-refractivity contribution >= 4 is 12.2 Å². The number of rotatable bonds is 4. The summed E-state index contributed by atoms with van der Waals surface area (Å²) >= 11 is 0. The largest absolute Gasteiger partial charge is 0.447 e. The number of halogens is 3. The first kappa shape index (κ1) is 17.9. The molecule has 2 heterocycles. The molecule has 1 N–H and O–H groups in total. The second-order valence-corrected chi connectivity index (χ2v) is 7.11. The fourth-order valence-electron chi connectivity index (χ4n) is 3.33. The minimum absolute atomic E-state index is 0.0685. The van der Waals surface area contributed by atoms with Gasteiger partial charge in [-0.25, -0.2) is 22.8 Å². The maximum atomic E-state index is 13.5. The third kappa shape index (κ3) is 3.53. The number of nitrogens with one attached hydrogen (secondary N) is 1. The molecule has 1 spiro atoms. The van der Waals surface area contributed by atoms with Gasteiger partial charge in [-0.15, -0.1) is 0 Å². The summed E-state index contributed by atoms with van der Waals surface area (Å²) in [6.45, 7) is 0.706.